The fraction of sp³-hybridized carbons (Fsp3) is 0.643. The van der Waals surface area contributed by atoms with E-state index in [1.165, 1.54) is 5.56 Å². The molecule has 1 aromatic heterocycles. The number of aryl methyl sites for hydroxylation is 1. The van der Waals surface area contributed by atoms with E-state index in [1.54, 1.807) is 6.26 Å². The van der Waals surface area contributed by atoms with Crippen molar-refractivity contribution >= 4 is 5.91 Å². The lowest BCUT2D eigenvalue weighted by Gasteiger charge is -2.31. The molecule has 0 spiro atoms. The summed E-state index contributed by atoms with van der Waals surface area (Å²) in [6, 6.07) is 0. The number of rotatable bonds is 1. The molecule has 0 atom stereocenters. The Morgan fingerprint density at radius 2 is 2.18 bits per heavy atom. The molecule has 0 saturated carbocycles. The van der Waals surface area contributed by atoms with Crippen LogP contribution in [-0.4, -0.2) is 22.9 Å². The number of hydrogen-bond donors (Lipinski definition) is 0. The van der Waals surface area contributed by atoms with Gasteiger partial charge in [-0.2, -0.15) is 0 Å². The van der Waals surface area contributed by atoms with E-state index in [-0.39, 0.29) is 11.4 Å². The van der Waals surface area contributed by atoms with Gasteiger partial charge in [0, 0.05) is 17.6 Å². The van der Waals surface area contributed by atoms with E-state index in [1.807, 2.05) is 4.90 Å². The Morgan fingerprint density at radius 1 is 1.35 bits per heavy atom. The molecule has 1 amide bonds. The third-order valence-electron chi connectivity index (χ3n) is 4.19. The molecule has 1 aromatic rings. The molecule has 0 N–H and O–H groups in total. The highest BCUT2D eigenvalue weighted by atomic mass is 16.3. The summed E-state index contributed by atoms with van der Waals surface area (Å²) in [5.74, 6) is 0.697. The Labute approximate surface area is 102 Å². The van der Waals surface area contributed by atoms with Crippen molar-refractivity contribution in [2.75, 3.05) is 6.54 Å². The molecule has 92 valence electrons. The highest BCUT2D eigenvalue weighted by molar-refractivity contribution is 5.94. The minimum Gasteiger partial charge on any atom is -0.459 e. The molecule has 1 fully saturated rings. The van der Waals surface area contributed by atoms with Crippen LogP contribution in [0.1, 0.15) is 54.8 Å². The quantitative estimate of drug-likeness (QED) is 0.747. The van der Waals surface area contributed by atoms with E-state index in [0.29, 0.717) is 5.76 Å². The summed E-state index contributed by atoms with van der Waals surface area (Å²) in [7, 11) is 0. The standard InChI is InChI=1S/C14H19NO2/c1-14(2)7-4-8-15(14)13(16)12-11-6-3-5-10(11)9-17-12/h9H,3-8H2,1-2H3. The van der Waals surface area contributed by atoms with Gasteiger partial charge in [0.1, 0.15) is 0 Å². The summed E-state index contributed by atoms with van der Waals surface area (Å²) < 4.78 is 5.51. The topological polar surface area (TPSA) is 33.5 Å². The average molecular weight is 233 g/mol. The second kappa shape index (κ2) is 3.62. The zero-order valence-electron chi connectivity index (χ0n) is 10.6. The molecular weight excluding hydrogens is 214 g/mol. The molecule has 3 nitrogen and oxygen atoms in total. The van der Waals surface area contributed by atoms with Gasteiger partial charge >= 0.3 is 0 Å². The first-order valence-corrected chi connectivity index (χ1v) is 6.51. The minimum atomic E-state index is -0.0185. The third kappa shape index (κ3) is 1.60. The lowest BCUT2D eigenvalue weighted by molar-refractivity contribution is 0.0617. The maximum atomic E-state index is 12.5. The number of carbonyl (C=O) groups excluding carboxylic acids is 1. The molecule has 1 aliphatic carbocycles. The van der Waals surface area contributed by atoms with Crippen LogP contribution in [0.3, 0.4) is 0 Å². The van der Waals surface area contributed by atoms with Gasteiger partial charge < -0.3 is 9.32 Å². The van der Waals surface area contributed by atoms with Crippen molar-refractivity contribution < 1.29 is 9.21 Å². The maximum Gasteiger partial charge on any atom is 0.290 e. The number of nitrogens with zero attached hydrogens (tertiary/aromatic N) is 1. The van der Waals surface area contributed by atoms with Gasteiger partial charge in [0.05, 0.1) is 6.26 Å². The number of likely N-dealkylation sites (tertiary alicyclic amines) is 1. The van der Waals surface area contributed by atoms with Crippen molar-refractivity contribution in [2.24, 2.45) is 0 Å². The van der Waals surface area contributed by atoms with Crippen LogP contribution in [0.2, 0.25) is 0 Å². The van der Waals surface area contributed by atoms with Crippen LogP contribution in [-0.2, 0) is 12.8 Å². The van der Waals surface area contributed by atoms with Gasteiger partial charge in [-0.1, -0.05) is 0 Å². The summed E-state index contributed by atoms with van der Waals surface area (Å²) in [5.41, 5.74) is 2.39. The number of carbonyl (C=O) groups is 1. The van der Waals surface area contributed by atoms with E-state index in [4.69, 9.17) is 4.42 Å². The molecule has 1 aliphatic heterocycles. The summed E-state index contributed by atoms with van der Waals surface area (Å²) in [6.45, 7) is 5.14. The van der Waals surface area contributed by atoms with E-state index < -0.39 is 0 Å². The molecule has 0 bridgehead atoms. The van der Waals surface area contributed by atoms with Crippen LogP contribution >= 0.6 is 0 Å². The fourth-order valence-corrected chi connectivity index (χ4v) is 3.14. The van der Waals surface area contributed by atoms with Crippen LogP contribution in [0.25, 0.3) is 0 Å². The molecule has 1 saturated heterocycles. The largest absolute Gasteiger partial charge is 0.459 e. The van der Waals surface area contributed by atoms with Gasteiger partial charge in [-0.3, -0.25) is 4.79 Å². The fourth-order valence-electron chi connectivity index (χ4n) is 3.14. The molecule has 17 heavy (non-hydrogen) atoms. The molecule has 3 rings (SSSR count). The first-order valence-electron chi connectivity index (χ1n) is 6.51. The molecule has 3 heteroatoms. The average Bonchev–Trinajstić information content (AvgIpc) is 2.89. The van der Waals surface area contributed by atoms with Crippen LogP contribution in [0, 0.1) is 0 Å². The van der Waals surface area contributed by atoms with Gasteiger partial charge in [0.2, 0.25) is 0 Å². The minimum absolute atomic E-state index is 0.0185. The number of furan rings is 1. The lowest BCUT2D eigenvalue weighted by Crippen LogP contribution is -2.42. The summed E-state index contributed by atoms with van der Waals surface area (Å²) in [5, 5.41) is 0. The SMILES string of the molecule is CC1(C)CCCN1C(=O)c1occ2c1CCC2. The zero-order chi connectivity index (χ0) is 12.0. The highest BCUT2D eigenvalue weighted by Gasteiger charge is 2.38. The van der Waals surface area contributed by atoms with E-state index in [0.717, 1.165) is 44.2 Å². The summed E-state index contributed by atoms with van der Waals surface area (Å²) in [4.78, 5) is 14.5. The van der Waals surface area contributed by atoms with Crippen LogP contribution < -0.4 is 0 Å². The van der Waals surface area contributed by atoms with Gasteiger partial charge in [-0.25, -0.2) is 0 Å². The van der Waals surface area contributed by atoms with Crippen LogP contribution in [0.4, 0.5) is 0 Å². The lowest BCUT2D eigenvalue weighted by atomic mass is 10.0. The van der Waals surface area contributed by atoms with E-state index >= 15 is 0 Å². The van der Waals surface area contributed by atoms with Crippen molar-refractivity contribution in [3.63, 3.8) is 0 Å². The zero-order valence-corrected chi connectivity index (χ0v) is 10.6. The molecular formula is C14H19NO2. The second-order valence-corrected chi connectivity index (χ2v) is 5.79. The number of hydrogen-bond acceptors (Lipinski definition) is 2. The van der Waals surface area contributed by atoms with Crippen LogP contribution in [0.15, 0.2) is 10.7 Å². The Morgan fingerprint density at radius 3 is 2.88 bits per heavy atom. The molecule has 0 unspecified atom stereocenters. The van der Waals surface area contributed by atoms with E-state index in [2.05, 4.69) is 13.8 Å². The molecule has 0 aromatic carbocycles. The molecule has 2 aliphatic rings. The van der Waals surface area contributed by atoms with Gasteiger partial charge in [-0.15, -0.1) is 0 Å². The first kappa shape index (κ1) is 10.9. The number of amides is 1. The first-order chi connectivity index (χ1) is 8.09. The van der Waals surface area contributed by atoms with Crippen molar-refractivity contribution in [1.29, 1.82) is 0 Å². The van der Waals surface area contributed by atoms with Crippen molar-refractivity contribution in [3.05, 3.63) is 23.2 Å². The van der Waals surface area contributed by atoms with Crippen LogP contribution in [0.5, 0.6) is 0 Å². The Kier molecular flexibility index (Phi) is 2.32. The normalized spacial score (nSPS) is 21.9. The van der Waals surface area contributed by atoms with Gasteiger partial charge in [0.25, 0.3) is 5.91 Å². The molecule has 0 radical (unpaired) electrons. The number of fused-ring (bicyclic) bond motifs is 1. The maximum absolute atomic E-state index is 12.5. The van der Waals surface area contributed by atoms with E-state index in [9.17, 15) is 4.79 Å². The van der Waals surface area contributed by atoms with Crippen molar-refractivity contribution in [2.45, 2.75) is 51.5 Å². The predicted molar refractivity (Wildman–Crippen MR) is 65.1 cm³/mol. The van der Waals surface area contributed by atoms with Crippen molar-refractivity contribution in [1.82, 2.24) is 4.90 Å². The highest BCUT2D eigenvalue weighted by Crippen LogP contribution is 2.33. The van der Waals surface area contributed by atoms with Crippen molar-refractivity contribution in [3.8, 4) is 0 Å². The third-order valence-corrected chi connectivity index (χ3v) is 4.19. The predicted octanol–water partition coefficient (Wildman–Crippen LogP) is 2.78. The summed E-state index contributed by atoms with van der Waals surface area (Å²) >= 11 is 0. The monoisotopic (exact) mass is 233 g/mol. The van der Waals surface area contributed by atoms with Gasteiger partial charge in [0.15, 0.2) is 5.76 Å². The Balaban J connectivity index is 1.91. The smallest absolute Gasteiger partial charge is 0.290 e. The Bertz CT molecular complexity index is 459. The summed E-state index contributed by atoms with van der Waals surface area (Å²) in [6.07, 6.45) is 7.18. The second-order valence-electron chi connectivity index (χ2n) is 5.79. The van der Waals surface area contributed by atoms with Gasteiger partial charge in [-0.05, 0) is 51.5 Å². The molecule has 2 heterocycles. The Hall–Kier alpha value is -1.25.